The van der Waals surface area contributed by atoms with E-state index in [4.69, 9.17) is 21.7 Å². The fourth-order valence-corrected chi connectivity index (χ4v) is 5.61. The molecule has 0 radical (unpaired) electrons. The molecule has 8 heteroatoms. The second-order valence-electron chi connectivity index (χ2n) is 8.14. The first-order valence-corrected chi connectivity index (χ1v) is 12.4. The highest BCUT2D eigenvalue weighted by molar-refractivity contribution is 7.80. The number of rotatable bonds is 6. The first-order valence-electron chi connectivity index (χ1n) is 11.2. The molecule has 3 aromatic rings. The third-order valence-corrected chi connectivity index (χ3v) is 7.34. The Kier molecular flexibility index (Phi) is 7.82. The number of thiophene rings is 1. The van der Waals surface area contributed by atoms with Crippen molar-refractivity contribution in [3.05, 3.63) is 70.6 Å². The van der Waals surface area contributed by atoms with E-state index in [-0.39, 0.29) is 5.97 Å². The van der Waals surface area contributed by atoms with Gasteiger partial charge in [0.1, 0.15) is 16.3 Å². The fourth-order valence-electron chi connectivity index (χ4n) is 4.20. The molecule has 0 aliphatic carbocycles. The number of methoxy groups -OCH3 is 2. The van der Waals surface area contributed by atoms with Crippen molar-refractivity contribution in [2.45, 2.75) is 13.5 Å². The quantitative estimate of drug-likeness (QED) is 0.380. The van der Waals surface area contributed by atoms with E-state index < -0.39 is 0 Å². The highest BCUT2D eigenvalue weighted by Crippen LogP contribution is 2.40. The molecule has 1 fully saturated rings. The molecule has 6 nitrogen and oxygen atoms in total. The number of ether oxygens (including phenoxy) is 2. The summed E-state index contributed by atoms with van der Waals surface area (Å²) in [5, 5.41) is 4.71. The number of anilines is 1. The third-order valence-electron chi connectivity index (χ3n) is 5.96. The number of aryl methyl sites for hydroxylation is 1. The van der Waals surface area contributed by atoms with Crippen molar-refractivity contribution in [2.75, 3.05) is 45.7 Å². The van der Waals surface area contributed by atoms with Gasteiger partial charge in [0.05, 0.1) is 14.2 Å². The molecule has 1 aliphatic rings. The summed E-state index contributed by atoms with van der Waals surface area (Å²) in [6, 6.07) is 18.1. The summed E-state index contributed by atoms with van der Waals surface area (Å²) in [6.07, 6.45) is 0. The van der Waals surface area contributed by atoms with E-state index in [1.165, 1.54) is 24.0 Å². The Hall–Kier alpha value is -2.94. The SMILES string of the molecule is COC(=O)c1c(NC(=S)N2CCN(Cc3cccc(OC)c3)CC2)sc(C)c1-c1ccccc1. The normalized spacial score (nSPS) is 14.0. The highest BCUT2D eigenvalue weighted by Gasteiger charge is 2.26. The van der Waals surface area contributed by atoms with Crippen molar-refractivity contribution in [2.24, 2.45) is 0 Å². The van der Waals surface area contributed by atoms with E-state index in [9.17, 15) is 4.79 Å². The van der Waals surface area contributed by atoms with E-state index in [0.29, 0.717) is 10.7 Å². The fraction of sp³-hybridized carbons (Fsp3) is 0.308. The van der Waals surface area contributed by atoms with E-state index in [1.807, 2.05) is 49.4 Å². The maximum atomic E-state index is 12.7. The Morgan fingerprint density at radius 1 is 1.06 bits per heavy atom. The summed E-state index contributed by atoms with van der Waals surface area (Å²) in [6.45, 7) is 6.34. The standard InChI is InChI=1S/C26H29N3O3S2/c1-18-22(20-9-5-4-6-10-20)23(25(30)32-3)24(34-18)27-26(33)29-14-12-28(13-15-29)17-19-8-7-11-21(16-19)31-2/h4-11,16H,12-15,17H2,1-3H3,(H,27,33). The Morgan fingerprint density at radius 2 is 1.79 bits per heavy atom. The number of benzene rings is 2. The first-order chi connectivity index (χ1) is 16.5. The van der Waals surface area contributed by atoms with Gasteiger partial charge >= 0.3 is 5.97 Å². The van der Waals surface area contributed by atoms with Crippen LogP contribution in [-0.4, -0.2) is 61.3 Å². The second-order valence-corrected chi connectivity index (χ2v) is 9.75. The van der Waals surface area contributed by atoms with Crippen LogP contribution < -0.4 is 10.1 Å². The molecular formula is C26H29N3O3S2. The molecule has 1 aliphatic heterocycles. The molecule has 0 amide bonds. The van der Waals surface area contributed by atoms with Gasteiger partial charge in [-0.1, -0.05) is 42.5 Å². The molecule has 4 rings (SSSR count). The molecule has 2 heterocycles. The summed E-state index contributed by atoms with van der Waals surface area (Å²) >= 11 is 7.27. The minimum atomic E-state index is -0.364. The number of esters is 1. The van der Waals surface area contributed by atoms with Crippen LogP contribution in [0.4, 0.5) is 5.00 Å². The van der Waals surface area contributed by atoms with Crippen molar-refractivity contribution >= 4 is 39.6 Å². The van der Waals surface area contributed by atoms with E-state index in [0.717, 1.165) is 59.5 Å². The average Bonchev–Trinajstić information content (AvgIpc) is 3.19. The summed E-state index contributed by atoms with van der Waals surface area (Å²) in [4.78, 5) is 18.4. The van der Waals surface area contributed by atoms with E-state index in [2.05, 4.69) is 27.2 Å². The van der Waals surface area contributed by atoms with Gasteiger partial charge in [0.25, 0.3) is 0 Å². The molecule has 0 saturated carbocycles. The first kappa shape index (κ1) is 24.2. The number of hydrogen-bond donors (Lipinski definition) is 1. The van der Waals surface area contributed by atoms with Crippen molar-refractivity contribution in [1.82, 2.24) is 9.80 Å². The van der Waals surface area contributed by atoms with Gasteiger partial charge in [-0.05, 0) is 42.4 Å². The molecule has 0 unspecified atom stereocenters. The Balaban J connectivity index is 1.44. The number of nitrogens with zero attached hydrogens (tertiary/aromatic N) is 2. The number of hydrogen-bond acceptors (Lipinski definition) is 6. The highest BCUT2D eigenvalue weighted by atomic mass is 32.1. The number of nitrogens with one attached hydrogen (secondary N) is 1. The lowest BCUT2D eigenvalue weighted by Gasteiger charge is -2.36. The van der Waals surface area contributed by atoms with Crippen LogP contribution in [0.15, 0.2) is 54.6 Å². The maximum absolute atomic E-state index is 12.7. The number of carbonyl (C=O) groups excluding carboxylic acids is 1. The van der Waals surface area contributed by atoms with Crippen LogP contribution in [-0.2, 0) is 11.3 Å². The van der Waals surface area contributed by atoms with Crippen molar-refractivity contribution in [3.8, 4) is 16.9 Å². The lowest BCUT2D eigenvalue weighted by atomic mass is 10.0. The molecule has 0 spiro atoms. The van der Waals surface area contributed by atoms with Gasteiger partial charge < -0.3 is 19.7 Å². The van der Waals surface area contributed by atoms with Crippen molar-refractivity contribution < 1.29 is 14.3 Å². The van der Waals surface area contributed by atoms with Crippen LogP contribution in [0.3, 0.4) is 0 Å². The minimum absolute atomic E-state index is 0.364. The summed E-state index contributed by atoms with van der Waals surface area (Å²) < 4.78 is 10.5. The van der Waals surface area contributed by atoms with Crippen molar-refractivity contribution in [3.63, 3.8) is 0 Å². The van der Waals surface area contributed by atoms with Crippen LogP contribution in [0.1, 0.15) is 20.8 Å². The van der Waals surface area contributed by atoms with Gasteiger partial charge in [-0.2, -0.15) is 0 Å². The number of piperazine rings is 1. The lowest BCUT2D eigenvalue weighted by molar-refractivity contribution is 0.0603. The minimum Gasteiger partial charge on any atom is -0.497 e. The third kappa shape index (κ3) is 5.41. The molecular weight excluding hydrogens is 466 g/mol. The molecule has 34 heavy (non-hydrogen) atoms. The van der Waals surface area contributed by atoms with E-state index in [1.54, 1.807) is 7.11 Å². The summed E-state index contributed by atoms with van der Waals surface area (Å²) in [7, 11) is 3.10. The Labute approximate surface area is 210 Å². The van der Waals surface area contributed by atoms with Gasteiger partial charge in [-0.15, -0.1) is 11.3 Å². The number of thiocarbonyl (C=S) groups is 1. The zero-order valence-electron chi connectivity index (χ0n) is 19.7. The maximum Gasteiger partial charge on any atom is 0.341 e. The van der Waals surface area contributed by atoms with Crippen LogP contribution in [0.5, 0.6) is 5.75 Å². The molecule has 0 atom stereocenters. The van der Waals surface area contributed by atoms with Crippen LogP contribution in [0.2, 0.25) is 0 Å². The largest absolute Gasteiger partial charge is 0.497 e. The zero-order chi connectivity index (χ0) is 24.1. The molecule has 1 saturated heterocycles. The summed E-state index contributed by atoms with van der Waals surface area (Å²) in [5.41, 5.74) is 3.65. The van der Waals surface area contributed by atoms with Gasteiger partial charge in [0.2, 0.25) is 0 Å². The van der Waals surface area contributed by atoms with Crippen molar-refractivity contribution in [1.29, 1.82) is 0 Å². The number of carbonyl (C=O) groups is 1. The molecule has 1 aromatic heterocycles. The molecule has 178 valence electrons. The zero-order valence-corrected chi connectivity index (χ0v) is 21.3. The molecule has 1 N–H and O–H groups in total. The lowest BCUT2D eigenvalue weighted by Crippen LogP contribution is -2.49. The van der Waals surface area contributed by atoms with Crippen LogP contribution in [0.25, 0.3) is 11.1 Å². The predicted molar refractivity (Wildman–Crippen MR) is 142 cm³/mol. The van der Waals surface area contributed by atoms with Gasteiger partial charge in [-0.25, -0.2) is 4.79 Å². The van der Waals surface area contributed by atoms with E-state index >= 15 is 0 Å². The Bertz CT molecular complexity index is 1160. The van der Waals surface area contributed by atoms with Crippen LogP contribution >= 0.6 is 23.6 Å². The predicted octanol–water partition coefficient (Wildman–Crippen LogP) is 5.03. The van der Waals surface area contributed by atoms with Gasteiger partial charge in [0.15, 0.2) is 5.11 Å². The average molecular weight is 496 g/mol. The monoisotopic (exact) mass is 495 g/mol. The Morgan fingerprint density at radius 3 is 2.47 bits per heavy atom. The molecule has 0 bridgehead atoms. The summed E-state index contributed by atoms with van der Waals surface area (Å²) in [5.74, 6) is 0.514. The smallest absolute Gasteiger partial charge is 0.341 e. The van der Waals surface area contributed by atoms with Gasteiger partial charge in [0, 0.05) is 43.2 Å². The van der Waals surface area contributed by atoms with Crippen LogP contribution in [0, 0.1) is 6.92 Å². The van der Waals surface area contributed by atoms with Gasteiger partial charge in [-0.3, -0.25) is 4.90 Å². The topological polar surface area (TPSA) is 54.0 Å². The second kappa shape index (κ2) is 11.0. The molecule has 2 aromatic carbocycles.